The molecule has 0 aliphatic carbocycles. The molecule has 2 aromatic carbocycles. The van der Waals surface area contributed by atoms with Gasteiger partial charge in [-0.25, -0.2) is 9.78 Å². The third kappa shape index (κ3) is 3.02. The molecule has 1 aliphatic heterocycles. The van der Waals surface area contributed by atoms with Crippen LogP contribution in [0.3, 0.4) is 0 Å². The number of imide groups is 1. The molecule has 6 heteroatoms. The largest absolute Gasteiger partial charge is 0.325 e. The van der Waals surface area contributed by atoms with E-state index in [4.69, 9.17) is 0 Å². The molecule has 2 heterocycles. The van der Waals surface area contributed by atoms with Gasteiger partial charge in [-0.3, -0.25) is 9.69 Å². The maximum absolute atomic E-state index is 13.2. The number of thiazole rings is 1. The lowest BCUT2D eigenvalue weighted by Gasteiger charge is -2.25. The van der Waals surface area contributed by atoms with Crippen LogP contribution in [0.1, 0.15) is 24.6 Å². The van der Waals surface area contributed by atoms with E-state index >= 15 is 0 Å². The molecule has 1 atom stereocenters. The predicted molar refractivity (Wildman–Crippen MR) is 105 cm³/mol. The Hall–Kier alpha value is -2.99. The molecule has 0 radical (unpaired) electrons. The van der Waals surface area contributed by atoms with Gasteiger partial charge in [0.1, 0.15) is 10.5 Å². The lowest BCUT2D eigenvalue weighted by atomic mass is 9.87. The fourth-order valence-electron chi connectivity index (χ4n) is 3.39. The van der Waals surface area contributed by atoms with Crippen molar-refractivity contribution >= 4 is 23.3 Å². The summed E-state index contributed by atoms with van der Waals surface area (Å²) < 4.78 is 0. The van der Waals surface area contributed by atoms with E-state index in [-0.39, 0.29) is 18.5 Å². The molecular weight excluding hydrogens is 358 g/mol. The fourth-order valence-corrected chi connectivity index (χ4v) is 4.20. The molecule has 4 rings (SSSR count). The summed E-state index contributed by atoms with van der Waals surface area (Å²) in [7, 11) is 0. The van der Waals surface area contributed by atoms with Crippen molar-refractivity contribution in [3.05, 3.63) is 77.3 Å². The number of nitrogens with one attached hydrogen (secondary N) is 1. The highest BCUT2D eigenvalue weighted by molar-refractivity contribution is 7.13. The molecule has 0 bridgehead atoms. The van der Waals surface area contributed by atoms with Gasteiger partial charge in [-0.1, -0.05) is 67.6 Å². The lowest BCUT2D eigenvalue weighted by molar-refractivity contribution is -0.132. The van der Waals surface area contributed by atoms with Gasteiger partial charge in [0, 0.05) is 10.9 Å². The molecule has 136 valence electrons. The molecule has 3 aromatic rings. The maximum Gasteiger partial charge on any atom is 0.325 e. The number of carbonyl (C=O) groups excluding carboxylic acids is 2. The highest BCUT2D eigenvalue weighted by Gasteiger charge is 2.51. The molecule has 0 unspecified atom stereocenters. The van der Waals surface area contributed by atoms with Crippen LogP contribution in [0.15, 0.2) is 66.0 Å². The smallest absolute Gasteiger partial charge is 0.319 e. The number of urea groups is 1. The Labute approximate surface area is 161 Å². The number of carbonyl (C=O) groups is 2. The van der Waals surface area contributed by atoms with Crippen molar-refractivity contribution < 1.29 is 9.59 Å². The van der Waals surface area contributed by atoms with Crippen LogP contribution in [0.4, 0.5) is 4.79 Å². The first-order valence-corrected chi connectivity index (χ1v) is 9.71. The summed E-state index contributed by atoms with van der Waals surface area (Å²) in [6.45, 7) is 2.08. The molecular formula is C21H19N3O2S. The van der Waals surface area contributed by atoms with Gasteiger partial charge >= 0.3 is 6.03 Å². The number of nitrogens with zero attached hydrogens (tertiary/aromatic N) is 2. The molecule has 5 nitrogen and oxygen atoms in total. The van der Waals surface area contributed by atoms with Crippen LogP contribution in [0, 0.1) is 0 Å². The minimum absolute atomic E-state index is 0.169. The van der Waals surface area contributed by atoms with Crippen molar-refractivity contribution in [3.63, 3.8) is 0 Å². The number of rotatable bonds is 5. The second-order valence-electron chi connectivity index (χ2n) is 6.46. The monoisotopic (exact) mass is 377 g/mol. The number of hydrogen-bond donors (Lipinski definition) is 1. The third-order valence-electron chi connectivity index (χ3n) is 4.87. The second kappa shape index (κ2) is 6.96. The molecule has 1 saturated heterocycles. The first-order chi connectivity index (χ1) is 13.1. The second-order valence-corrected chi connectivity index (χ2v) is 7.31. The van der Waals surface area contributed by atoms with Gasteiger partial charge in [-0.05, 0) is 12.0 Å². The minimum Gasteiger partial charge on any atom is -0.319 e. The summed E-state index contributed by atoms with van der Waals surface area (Å²) in [5.74, 6) is -0.226. The summed E-state index contributed by atoms with van der Waals surface area (Å²) in [5.41, 5.74) is 1.54. The average Bonchev–Trinajstić information content (AvgIpc) is 3.28. The molecule has 1 aromatic heterocycles. The van der Waals surface area contributed by atoms with Crippen LogP contribution < -0.4 is 5.32 Å². The van der Waals surface area contributed by atoms with Gasteiger partial charge < -0.3 is 5.32 Å². The molecule has 3 amide bonds. The van der Waals surface area contributed by atoms with E-state index in [1.165, 1.54) is 16.2 Å². The van der Waals surface area contributed by atoms with Gasteiger partial charge in [-0.15, -0.1) is 11.3 Å². The van der Waals surface area contributed by atoms with Crippen LogP contribution >= 0.6 is 11.3 Å². The Morgan fingerprint density at radius 2 is 1.70 bits per heavy atom. The van der Waals surface area contributed by atoms with E-state index in [9.17, 15) is 9.59 Å². The Bertz CT molecular complexity index is 971. The zero-order valence-electron chi connectivity index (χ0n) is 14.9. The maximum atomic E-state index is 13.2. The van der Waals surface area contributed by atoms with Crippen molar-refractivity contribution in [1.29, 1.82) is 0 Å². The van der Waals surface area contributed by atoms with Crippen LogP contribution in [0.2, 0.25) is 0 Å². The van der Waals surface area contributed by atoms with Gasteiger partial charge in [0.2, 0.25) is 0 Å². The van der Waals surface area contributed by atoms with Crippen LogP contribution in [-0.4, -0.2) is 21.8 Å². The zero-order chi connectivity index (χ0) is 18.9. The Morgan fingerprint density at radius 3 is 2.37 bits per heavy atom. The molecule has 1 fully saturated rings. The summed E-state index contributed by atoms with van der Waals surface area (Å²) in [4.78, 5) is 31.6. The Morgan fingerprint density at radius 1 is 1.04 bits per heavy atom. The van der Waals surface area contributed by atoms with E-state index in [1.807, 2.05) is 73.0 Å². The van der Waals surface area contributed by atoms with Gasteiger partial charge in [-0.2, -0.15) is 0 Å². The summed E-state index contributed by atoms with van der Waals surface area (Å²) in [5, 5.41) is 5.68. The summed E-state index contributed by atoms with van der Waals surface area (Å²) >= 11 is 1.51. The van der Waals surface area contributed by atoms with Crippen molar-refractivity contribution in [2.24, 2.45) is 0 Å². The molecule has 1 N–H and O–H groups in total. The standard InChI is InChI=1S/C21H19N3O2S/c1-2-21(16-11-7-4-8-12-16)19(25)24(20(26)23-21)13-17-14-27-18(22-17)15-9-5-3-6-10-15/h3-12,14H,2,13H2,1H3,(H,23,26)/t21-/m0/s1. The van der Waals surface area contributed by atoms with E-state index < -0.39 is 5.54 Å². The number of hydrogen-bond acceptors (Lipinski definition) is 4. The van der Waals surface area contributed by atoms with Gasteiger partial charge in [0.15, 0.2) is 0 Å². The zero-order valence-corrected chi connectivity index (χ0v) is 15.7. The number of aromatic nitrogens is 1. The average molecular weight is 377 g/mol. The highest BCUT2D eigenvalue weighted by Crippen LogP contribution is 2.33. The van der Waals surface area contributed by atoms with Gasteiger partial charge in [0.05, 0.1) is 12.2 Å². The van der Waals surface area contributed by atoms with Crippen molar-refractivity contribution in [3.8, 4) is 10.6 Å². The predicted octanol–water partition coefficient (Wildman–Crippen LogP) is 4.17. The van der Waals surface area contributed by atoms with Crippen molar-refractivity contribution in [1.82, 2.24) is 15.2 Å². The van der Waals surface area contributed by atoms with E-state index in [1.54, 1.807) is 0 Å². The Kier molecular flexibility index (Phi) is 4.49. The van der Waals surface area contributed by atoms with E-state index in [2.05, 4.69) is 10.3 Å². The van der Waals surface area contributed by atoms with Crippen LogP contribution in [0.25, 0.3) is 10.6 Å². The minimum atomic E-state index is -1.00. The topological polar surface area (TPSA) is 62.3 Å². The fraction of sp³-hybridized carbons (Fsp3) is 0.190. The van der Waals surface area contributed by atoms with Crippen LogP contribution in [-0.2, 0) is 16.9 Å². The Balaban J connectivity index is 1.59. The third-order valence-corrected chi connectivity index (χ3v) is 5.81. The summed E-state index contributed by atoms with van der Waals surface area (Å²) in [6.07, 6.45) is 0.490. The molecule has 0 spiro atoms. The van der Waals surface area contributed by atoms with Crippen molar-refractivity contribution in [2.75, 3.05) is 0 Å². The molecule has 27 heavy (non-hydrogen) atoms. The quantitative estimate of drug-likeness (QED) is 0.679. The number of amides is 3. The number of benzene rings is 2. The first-order valence-electron chi connectivity index (χ1n) is 8.83. The van der Waals surface area contributed by atoms with E-state index in [0.29, 0.717) is 12.1 Å². The first kappa shape index (κ1) is 17.4. The van der Waals surface area contributed by atoms with Crippen molar-refractivity contribution in [2.45, 2.75) is 25.4 Å². The molecule has 1 aliphatic rings. The molecule has 0 saturated carbocycles. The summed E-state index contributed by atoms with van der Waals surface area (Å²) in [6, 6.07) is 18.9. The highest BCUT2D eigenvalue weighted by atomic mass is 32.1. The van der Waals surface area contributed by atoms with Gasteiger partial charge in [0.25, 0.3) is 5.91 Å². The normalized spacial score (nSPS) is 19.4. The van der Waals surface area contributed by atoms with Crippen LogP contribution in [0.5, 0.6) is 0 Å². The lowest BCUT2D eigenvalue weighted by Crippen LogP contribution is -2.43. The SMILES string of the molecule is CC[C@@]1(c2ccccc2)NC(=O)N(Cc2csc(-c3ccccc3)n2)C1=O. The van der Waals surface area contributed by atoms with E-state index in [0.717, 1.165) is 16.1 Å².